The molecule has 4 aromatic rings. The molecule has 7 nitrogen and oxygen atoms in total. The van der Waals surface area contributed by atoms with Crippen molar-refractivity contribution < 1.29 is 14.4 Å². The first kappa shape index (κ1) is 23.1. The largest absolute Gasteiger partial charge is 0.322 e. The Morgan fingerprint density at radius 1 is 0.861 bits per heavy atom. The highest BCUT2D eigenvalue weighted by Crippen LogP contribution is 2.36. The first-order chi connectivity index (χ1) is 17.4. The summed E-state index contributed by atoms with van der Waals surface area (Å²) >= 11 is 5.97. The summed E-state index contributed by atoms with van der Waals surface area (Å²) in [6, 6.07) is 24.9. The van der Waals surface area contributed by atoms with E-state index in [-0.39, 0.29) is 18.4 Å². The van der Waals surface area contributed by atoms with Gasteiger partial charge in [-0.3, -0.25) is 30.1 Å². The van der Waals surface area contributed by atoms with Gasteiger partial charge in [0.05, 0.1) is 11.4 Å². The Bertz CT molecular complexity index is 1540. The molecule has 3 amide bonds. The van der Waals surface area contributed by atoms with Crippen molar-refractivity contribution in [2.24, 2.45) is 0 Å². The number of hydrogen-bond donors (Lipinski definition) is 3. The molecule has 0 bridgehead atoms. The molecule has 1 aliphatic rings. The number of anilines is 2. The molecule has 4 aromatic carbocycles. The van der Waals surface area contributed by atoms with Gasteiger partial charge >= 0.3 is 0 Å². The van der Waals surface area contributed by atoms with Crippen LogP contribution in [0.4, 0.5) is 11.4 Å². The van der Waals surface area contributed by atoms with Crippen molar-refractivity contribution in [2.45, 2.75) is 0 Å². The molecule has 0 saturated carbocycles. The molecule has 1 heterocycles. The van der Waals surface area contributed by atoms with Gasteiger partial charge in [0.1, 0.15) is 6.54 Å². The first-order valence-electron chi connectivity index (χ1n) is 11.2. The normalized spacial score (nSPS) is 11.9. The Morgan fingerprint density at radius 3 is 2.39 bits per heavy atom. The summed E-state index contributed by atoms with van der Waals surface area (Å²) in [7, 11) is 0. The molecule has 8 heteroatoms. The van der Waals surface area contributed by atoms with E-state index in [2.05, 4.69) is 22.7 Å². The van der Waals surface area contributed by atoms with Crippen LogP contribution in [0.1, 0.15) is 26.3 Å². The van der Waals surface area contributed by atoms with Crippen molar-refractivity contribution in [3.63, 3.8) is 0 Å². The molecule has 36 heavy (non-hydrogen) atoms. The van der Waals surface area contributed by atoms with Crippen LogP contribution in [0.25, 0.3) is 16.5 Å². The van der Waals surface area contributed by atoms with E-state index in [4.69, 9.17) is 11.6 Å². The van der Waals surface area contributed by atoms with Crippen molar-refractivity contribution >= 4 is 57.2 Å². The lowest BCUT2D eigenvalue weighted by Gasteiger charge is -2.18. The fourth-order valence-corrected chi connectivity index (χ4v) is 4.34. The van der Waals surface area contributed by atoms with E-state index in [0.717, 1.165) is 10.8 Å². The summed E-state index contributed by atoms with van der Waals surface area (Å²) in [5.74, 6) is -0.911. The van der Waals surface area contributed by atoms with Crippen molar-refractivity contribution in [3.05, 3.63) is 113 Å². The van der Waals surface area contributed by atoms with E-state index in [1.165, 1.54) is 4.90 Å². The van der Waals surface area contributed by atoms with Crippen molar-refractivity contribution in [1.82, 2.24) is 10.9 Å². The number of hydrazine groups is 1. The van der Waals surface area contributed by atoms with Gasteiger partial charge < -0.3 is 5.32 Å². The fraction of sp³-hybridized carbons (Fsp3) is 0.0357. The second kappa shape index (κ2) is 9.56. The van der Waals surface area contributed by atoms with Gasteiger partial charge in [0, 0.05) is 32.8 Å². The molecule has 0 saturated heterocycles. The lowest BCUT2D eigenvalue weighted by Crippen LogP contribution is -2.44. The summed E-state index contributed by atoms with van der Waals surface area (Å²) in [6.07, 6.45) is 0. The summed E-state index contributed by atoms with van der Waals surface area (Å²) < 4.78 is 0. The zero-order valence-electron chi connectivity index (χ0n) is 19.0. The molecule has 3 N–H and O–H groups in total. The molecule has 0 spiro atoms. The van der Waals surface area contributed by atoms with E-state index in [9.17, 15) is 14.4 Å². The lowest BCUT2D eigenvalue weighted by molar-refractivity contribution is -0.120. The summed E-state index contributed by atoms with van der Waals surface area (Å²) in [5, 5.41) is 5.10. The minimum absolute atomic E-state index is 0.150. The highest BCUT2D eigenvalue weighted by atomic mass is 35.5. The van der Waals surface area contributed by atoms with Gasteiger partial charge in [-0.15, -0.1) is 0 Å². The Morgan fingerprint density at radius 2 is 1.58 bits per heavy atom. The average Bonchev–Trinajstić information content (AvgIpc) is 3.15. The van der Waals surface area contributed by atoms with Crippen LogP contribution in [0.2, 0.25) is 5.02 Å². The van der Waals surface area contributed by atoms with E-state index < -0.39 is 5.91 Å². The van der Waals surface area contributed by atoms with Gasteiger partial charge in [-0.1, -0.05) is 60.6 Å². The van der Waals surface area contributed by atoms with Crippen molar-refractivity contribution in [2.75, 3.05) is 16.8 Å². The Hall–Kier alpha value is -4.62. The van der Waals surface area contributed by atoms with E-state index >= 15 is 0 Å². The maximum Gasteiger partial charge on any atom is 0.259 e. The smallest absolute Gasteiger partial charge is 0.259 e. The van der Waals surface area contributed by atoms with Gasteiger partial charge in [0.25, 0.3) is 17.7 Å². The van der Waals surface area contributed by atoms with Gasteiger partial charge in [0.2, 0.25) is 0 Å². The number of carbonyl (C=O) groups excluding carboxylic acids is 3. The maximum atomic E-state index is 12.9. The Labute approximate surface area is 212 Å². The van der Waals surface area contributed by atoms with Crippen LogP contribution in [-0.4, -0.2) is 24.3 Å². The number of benzene rings is 4. The summed E-state index contributed by atoms with van der Waals surface area (Å²) in [6.45, 7) is 3.81. The minimum Gasteiger partial charge on any atom is -0.322 e. The topological polar surface area (TPSA) is 90.5 Å². The van der Waals surface area contributed by atoms with E-state index in [1.54, 1.807) is 54.6 Å². The second-order valence-corrected chi connectivity index (χ2v) is 8.71. The molecule has 1 aliphatic heterocycles. The van der Waals surface area contributed by atoms with Crippen LogP contribution in [-0.2, 0) is 4.79 Å². The van der Waals surface area contributed by atoms with E-state index in [0.29, 0.717) is 38.8 Å². The molecule has 0 fully saturated rings. The SMILES string of the molecule is C=C(NNC(=O)CN1C(=O)c2cccc3cccc1c23)c1cccc(NC(=O)c2cccc(Cl)c2)c1. The fourth-order valence-electron chi connectivity index (χ4n) is 4.15. The molecular formula is C28H21ClN4O3. The minimum atomic E-state index is -0.403. The van der Waals surface area contributed by atoms with Gasteiger partial charge in [-0.2, -0.15) is 0 Å². The summed E-state index contributed by atoms with van der Waals surface area (Å²) in [4.78, 5) is 39.5. The van der Waals surface area contributed by atoms with Crippen LogP contribution < -0.4 is 21.1 Å². The van der Waals surface area contributed by atoms with Crippen LogP contribution in [0, 0.1) is 0 Å². The van der Waals surface area contributed by atoms with Crippen LogP contribution in [0.3, 0.4) is 0 Å². The van der Waals surface area contributed by atoms with Gasteiger partial charge in [0.15, 0.2) is 0 Å². The molecular weight excluding hydrogens is 476 g/mol. The molecule has 0 aliphatic carbocycles. The molecule has 0 unspecified atom stereocenters. The third-order valence-electron chi connectivity index (χ3n) is 5.86. The molecule has 0 aromatic heterocycles. The van der Waals surface area contributed by atoms with Gasteiger partial charge in [-0.05, 0) is 47.9 Å². The average molecular weight is 497 g/mol. The number of rotatable bonds is 7. The Balaban J connectivity index is 1.21. The number of hydrogen-bond acceptors (Lipinski definition) is 4. The number of nitrogens with one attached hydrogen (secondary N) is 3. The highest BCUT2D eigenvalue weighted by molar-refractivity contribution is 6.31. The van der Waals surface area contributed by atoms with Crippen LogP contribution >= 0.6 is 11.6 Å². The quantitative estimate of drug-likeness (QED) is 0.314. The van der Waals surface area contributed by atoms with E-state index in [1.807, 2.05) is 30.3 Å². The number of carbonyl (C=O) groups is 3. The zero-order chi connectivity index (χ0) is 25.2. The predicted molar refractivity (Wildman–Crippen MR) is 142 cm³/mol. The molecule has 0 atom stereocenters. The Kier molecular flexibility index (Phi) is 6.14. The highest BCUT2D eigenvalue weighted by Gasteiger charge is 2.30. The zero-order valence-corrected chi connectivity index (χ0v) is 19.8. The number of nitrogens with zero attached hydrogens (tertiary/aromatic N) is 1. The van der Waals surface area contributed by atoms with Crippen molar-refractivity contribution in [3.8, 4) is 0 Å². The van der Waals surface area contributed by atoms with Crippen molar-refractivity contribution in [1.29, 1.82) is 0 Å². The predicted octanol–water partition coefficient (Wildman–Crippen LogP) is 5.00. The third kappa shape index (κ3) is 4.52. The molecule has 178 valence electrons. The number of amides is 3. The van der Waals surface area contributed by atoms with Crippen LogP contribution in [0.15, 0.2) is 91.5 Å². The second-order valence-electron chi connectivity index (χ2n) is 8.27. The number of halogens is 1. The lowest BCUT2D eigenvalue weighted by atomic mass is 10.1. The van der Waals surface area contributed by atoms with Gasteiger partial charge in [-0.25, -0.2) is 0 Å². The standard InChI is InChI=1S/C28H21ClN4O3/c1-17(19-8-3-11-22(15-19)30-27(35)20-9-2-10-21(29)14-20)31-32-25(34)16-33-24-13-5-7-18-6-4-12-23(26(18)24)28(33)36/h2-15,31H,1,16H2,(H,30,35)(H,32,34). The summed E-state index contributed by atoms with van der Waals surface area (Å²) in [5.41, 5.74) is 8.76. The monoisotopic (exact) mass is 496 g/mol. The first-order valence-corrected chi connectivity index (χ1v) is 11.5. The maximum absolute atomic E-state index is 12.9. The molecule has 0 radical (unpaired) electrons. The molecule has 5 rings (SSSR count). The third-order valence-corrected chi connectivity index (χ3v) is 6.09. The van der Waals surface area contributed by atoms with Crippen LogP contribution in [0.5, 0.6) is 0 Å².